The highest BCUT2D eigenvalue weighted by Crippen LogP contribution is 2.22. The third-order valence-electron chi connectivity index (χ3n) is 3.30. The van der Waals surface area contributed by atoms with Crippen LogP contribution in [0.5, 0.6) is 0 Å². The number of hydrogen-bond acceptors (Lipinski definition) is 1. The fraction of sp³-hybridized carbons (Fsp3) is 0.571. The predicted octanol–water partition coefficient (Wildman–Crippen LogP) is 4.05. The van der Waals surface area contributed by atoms with Crippen molar-refractivity contribution in [3.8, 4) is 0 Å². The molecule has 96 valence electrons. The third kappa shape index (κ3) is 4.29. The van der Waals surface area contributed by atoms with Crippen LogP contribution in [0.4, 0.5) is 4.39 Å². The number of hydrogen-bond donors (Lipinski definition) is 1. The second-order valence-electron chi connectivity index (χ2n) is 4.64. The molecule has 0 fully saturated rings. The predicted molar refractivity (Wildman–Crippen MR) is 72.0 cm³/mol. The maximum absolute atomic E-state index is 13.7. The zero-order valence-corrected chi connectivity index (χ0v) is 11.5. The van der Waals surface area contributed by atoms with E-state index in [0.717, 1.165) is 12.8 Å². The molecule has 0 aliphatic rings. The summed E-state index contributed by atoms with van der Waals surface area (Å²) in [5, 5.41) is 3.77. The van der Waals surface area contributed by atoms with Crippen molar-refractivity contribution in [2.75, 3.05) is 7.05 Å². The SMILES string of the molecule is CCC(C)CC(Cc1c(F)cccc1Cl)NC. The standard InChI is InChI=1S/C14H21ClFN/c1-4-10(2)8-11(17-3)9-12-13(15)6-5-7-14(12)16/h5-7,10-11,17H,4,8-9H2,1-3H3. The van der Waals surface area contributed by atoms with Crippen LogP contribution in [0, 0.1) is 11.7 Å². The summed E-state index contributed by atoms with van der Waals surface area (Å²) in [7, 11) is 1.92. The zero-order valence-electron chi connectivity index (χ0n) is 10.8. The van der Waals surface area contributed by atoms with E-state index in [-0.39, 0.29) is 11.9 Å². The van der Waals surface area contributed by atoms with Gasteiger partial charge in [0.25, 0.3) is 0 Å². The van der Waals surface area contributed by atoms with E-state index in [1.807, 2.05) is 7.05 Å². The third-order valence-corrected chi connectivity index (χ3v) is 3.66. The maximum Gasteiger partial charge on any atom is 0.127 e. The van der Waals surface area contributed by atoms with E-state index in [1.54, 1.807) is 12.1 Å². The van der Waals surface area contributed by atoms with Gasteiger partial charge >= 0.3 is 0 Å². The lowest BCUT2D eigenvalue weighted by atomic mass is 9.94. The number of benzene rings is 1. The number of halogens is 2. The fourth-order valence-electron chi connectivity index (χ4n) is 1.93. The Balaban J connectivity index is 2.73. The zero-order chi connectivity index (χ0) is 12.8. The highest BCUT2D eigenvalue weighted by Gasteiger charge is 2.15. The van der Waals surface area contributed by atoms with Crippen molar-refractivity contribution in [2.24, 2.45) is 5.92 Å². The highest BCUT2D eigenvalue weighted by atomic mass is 35.5. The molecular formula is C14H21ClFN. The van der Waals surface area contributed by atoms with Crippen LogP contribution >= 0.6 is 11.6 Å². The summed E-state index contributed by atoms with van der Waals surface area (Å²) in [6, 6.07) is 5.14. The molecule has 0 aliphatic heterocycles. The topological polar surface area (TPSA) is 12.0 Å². The molecule has 1 aromatic carbocycles. The molecule has 0 radical (unpaired) electrons. The lowest BCUT2D eigenvalue weighted by Gasteiger charge is -2.20. The van der Waals surface area contributed by atoms with Crippen LogP contribution in [0.1, 0.15) is 32.3 Å². The smallest absolute Gasteiger partial charge is 0.127 e. The molecule has 0 amide bonds. The molecule has 1 N–H and O–H groups in total. The lowest BCUT2D eigenvalue weighted by Crippen LogP contribution is -2.30. The second-order valence-corrected chi connectivity index (χ2v) is 5.05. The summed E-state index contributed by atoms with van der Waals surface area (Å²) < 4.78 is 13.7. The Kier molecular flexibility index (Phi) is 5.93. The van der Waals surface area contributed by atoms with Gasteiger partial charge in [-0.15, -0.1) is 0 Å². The number of likely N-dealkylation sites (N-methyl/N-ethyl adjacent to an activating group) is 1. The number of nitrogens with one attached hydrogen (secondary N) is 1. The van der Waals surface area contributed by atoms with Gasteiger partial charge in [-0.3, -0.25) is 0 Å². The minimum atomic E-state index is -0.207. The molecule has 0 spiro atoms. The first-order valence-electron chi connectivity index (χ1n) is 6.18. The van der Waals surface area contributed by atoms with Gasteiger partial charge in [0.05, 0.1) is 0 Å². The minimum absolute atomic E-state index is 0.207. The van der Waals surface area contributed by atoms with Crippen molar-refractivity contribution < 1.29 is 4.39 Å². The lowest BCUT2D eigenvalue weighted by molar-refractivity contribution is 0.406. The Morgan fingerprint density at radius 1 is 1.41 bits per heavy atom. The van der Waals surface area contributed by atoms with E-state index in [4.69, 9.17) is 11.6 Å². The Labute approximate surface area is 108 Å². The summed E-state index contributed by atoms with van der Waals surface area (Å²) >= 11 is 6.03. The molecule has 1 nitrogen and oxygen atoms in total. The van der Waals surface area contributed by atoms with Gasteiger partial charge in [-0.05, 0) is 37.9 Å². The molecule has 1 aromatic rings. The summed E-state index contributed by atoms with van der Waals surface area (Å²) in [5.74, 6) is 0.430. The van der Waals surface area contributed by atoms with Gasteiger partial charge in [-0.2, -0.15) is 0 Å². The Morgan fingerprint density at radius 3 is 2.65 bits per heavy atom. The van der Waals surface area contributed by atoms with Crippen molar-refractivity contribution in [3.63, 3.8) is 0 Å². The van der Waals surface area contributed by atoms with Gasteiger partial charge < -0.3 is 5.32 Å². The van der Waals surface area contributed by atoms with Gasteiger partial charge in [-0.1, -0.05) is 37.9 Å². The number of rotatable bonds is 6. The second kappa shape index (κ2) is 6.97. The van der Waals surface area contributed by atoms with Gasteiger partial charge in [-0.25, -0.2) is 4.39 Å². The van der Waals surface area contributed by atoms with Gasteiger partial charge in [0.2, 0.25) is 0 Å². The molecule has 3 heteroatoms. The Morgan fingerprint density at radius 2 is 2.12 bits per heavy atom. The molecular weight excluding hydrogens is 237 g/mol. The first-order chi connectivity index (χ1) is 8.08. The van der Waals surface area contributed by atoms with Gasteiger partial charge in [0.15, 0.2) is 0 Å². The molecule has 0 heterocycles. The molecule has 2 unspecified atom stereocenters. The van der Waals surface area contributed by atoms with Crippen LogP contribution in [0.15, 0.2) is 18.2 Å². The average Bonchev–Trinajstić information content (AvgIpc) is 2.32. The van der Waals surface area contributed by atoms with Crippen molar-refractivity contribution in [1.82, 2.24) is 5.32 Å². The first kappa shape index (κ1) is 14.5. The van der Waals surface area contributed by atoms with E-state index in [2.05, 4.69) is 19.2 Å². The molecule has 0 aliphatic carbocycles. The summed E-state index contributed by atoms with van der Waals surface area (Å²) in [5.41, 5.74) is 0.622. The minimum Gasteiger partial charge on any atom is -0.317 e. The molecule has 2 atom stereocenters. The van der Waals surface area contributed by atoms with Crippen LogP contribution in [0.2, 0.25) is 5.02 Å². The molecule has 0 bridgehead atoms. The van der Waals surface area contributed by atoms with Gasteiger partial charge in [0, 0.05) is 16.6 Å². The van der Waals surface area contributed by atoms with E-state index < -0.39 is 0 Å². The molecule has 0 saturated carbocycles. The van der Waals surface area contributed by atoms with Crippen LogP contribution in [0.25, 0.3) is 0 Å². The summed E-state index contributed by atoms with van der Waals surface area (Å²) in [6.07, 6.45) is 2.83. The van der Waals surface area contributed by atoms with Crippen LogP contribution in [0.3, 0.4) is 0 Å². The normalized spacial score (nSPS) is 14.6. The maximum atomic E-state index is 13.7. The van der Waals surface area contributed by atoms with E-state index in [9.17, 15) is 4.39 Å². The van der Waals surface area contributed by atoms with Crippen LogP contribution in [-0.4, -0.2) is 13.1 Å². The van der Waals surface area contributed by atoms with Crippen LogP contribution < -0.4 is 5.32 Å². The fourth-order valence-corrected chi connectivity index (χ4v) is 2.17. The van der Waals surface area contributed by atoms with Crippen LogP contribution in [-0.2, 0) is 6.42 Å². The molecule has 17 heavy (non-hydrogen) atoms. The summed E-state index contributed by atoms with van der Waals surface area (Å²) in [6.45, 7) is 4.39. The first-order valence-corrected chi connectivity index (χ1v) is 6.56. The van der Waals surface area contributed by atoms with Crippen molar-refractivity contribution in [1.29, 1.82) is 0 Å². The van der Waals surface area contributed by atoms with Crippen molar-refractivity contribution in [3.05, 3.63) is 34.6 Å². The molecule has 1 rings (SSSR count). The van der Waals surface area contributed by atoms with Crippen molar-refractivity contribution >= 4 is 11.6 Å². The van der Waals surface area contributed by atoms with E-state index in [1.165, 1.54) is 6.07 Å². The van der Waals surface area contributed by atoms with Crippen molar-refractivity contribution in [2.45, 2.75) is 39.2 Å². The highest BCUT2D eigenvalue weighted by molar-refractivity contribution is 6.31. The molecule has 0 saturated heterocycles. The summed E-state index contributed by atoms with van der Waals surface area (Å²) in [4.78, 5) is 0. The quantitative estimate of drug-likeness (QED) is 0.811. The Hall–Kier alpha value is -0.600. The molecule has 0 aromatic heterocycles. The Bertz CT molecular complexity index is 334. The van der Waals surface area contributed by atoms with E-state index >= 15 is 0 Å². The van der Waals surface area contributed by atoms with Gasteiger partial charge in [0.1, 0.15) is 5.82 Å². The average molecular weight is 258 g/mol. The monoisotopic (exact) mass is 257 g/mol. The largest absolute Gasteiger partial charge is 0.317 e. The van der Waals surface area contributed by atoms with E-state index in [0.29, 0.717) is 22.9 Å².